The van der Waals surface area contributed by atoms with Crippen LogP contribution in [0.25, 0.3) is 0 Å². The fourth-order valence-corrected chi connectivity index (χ4v) is 4.68. The van der Waals surface area contributed by atoms with E-state index in [9.17, 15) is 29.7 Å². The van der Waals surface area contributed by atoms with Gasteiger partial charge in [0, 0.05) is 25.7 Å². The molecule has 0 radical (unpaired) electrons. The number of carboxylic acids is 3. The van der Waals surface area contributed by atoms with Crippen molar-refractivity contribution in [1.29, 1.82) is 0 Å². The highest BCUT2D eigenvalue weighted by Crippen LogP contribution is 2.32. The van der Waals surface area contributed by atoms with Crippen LogP contribution >= 0.6 is 0 Å². The first kappa shape index (κ1) is 28.1. The zero-order chi connectivity index (χ0) is 23.2. The van der Waals surface area contributed by atoms with Crippen molar-refractivity contribution in [3.8, 4) is 0 Å². The minimum atomic E-state index is -1.14. The fourth-order valence-electron chi connectivity index (χ4n) is 4.68. The molecule has 3 N–H and O–H groups in total. The number of carbonyl (C=O) groups is 3. The van der Waals surface area contributed by atoms with Gasteiger partial charge in [0.15, 0.2) is 18.1 Å². The molecule has 0 aliphatic rings. The van der Waals surface area contributed by atoms with E-state index in [4.69, 9.17) is 0 Å². The van der Waals surface area contributed by atoms with E-state index in [1.54, 1.807) is 20.8 Å². The van der Waals surface area contributed by atoms with Crippen LogP contribution in [0.3, 0.4) is 0 Å². The second-order valence-corrected chi connectivity index (χ2v) is 7.97. The number of rotatable bonds is 18. The first-order chi connectivity index (χ1) is 14.2. The molecule has 3 atom stereocenters. The molecule has 0 amide bonds. The van der Waals surface area contributed by atoms with Crippen molar-refractivity contribution in [2.45, 2.75) is 110 Å². The maximum Gasteiger partial charge on any atom is 0.362 e. The lowest BCUT2D eigenvalue weighted by atomic mass is 9.94. The predicted octanol–water partition coefficient (Wildman–Crippen LogP) is 4.70. The summed E-state index contributed by atoms with van der Waals surface area (Å²) in [6.45, 7) is 7.39. The summed E-state index contributed by atoms with van der Waals surface area (Å²) in [6.07, 6.45) is 11.8. The van der Waals surface area contributed by atoms with Crippen molar-refractivity contribution in [3.63, 3.8) is 0 Å². The SMILES string of the molecule is CCCCCCC/C=C/CC[N+](C(CC)C(=O)O)(C(CC)C(=O)O)C(CC)C(=O)O. The molecule has 0 heterocycles. The van der Waals surface area contributed by atoms with Crippen LogP contribution in [0.2, 0.25) is 0 Å². The van der Waals surface area contributed by atoms with Crippen LogP contribution in [0.5, 0.6) is 0 Å². The predicted molar refractivity (Wildman–Crippen MR) is 117 cm³/mol. The zero-order valence-corrected chi connectivity index (χ0v) is 19.2. The van der Waals surface area contributed by atoms with E-state index in [-0.39, 0.29) is 25.8 Å². The molecule has 0 aromatic carbocycles. The van der Waals surface area contributed by atoms with E-state index in [0.29, 0.717) is 6.42 Å². The zero-order valence-electron chi connectivity index (χ0n) is 19.2. The van der Waals surface area contributed by atoms with Crippen molar-refractivity contribution >= 4 is 17.9 Å². The number of quaternary nitrogens is 1. The average Bonchev–Trinajstić information content (AvgIpc) is 2.67. The van der Waals surface area contributed by atoms with Gasteiger partial charge in [0.2, 0.25) is 0 Å². The van der Waals surface area contributed by atoms with Crippen LogP contribution in [-0.4, -0.2) is 62.4 Å². The average molecular weight is 429 g/mol. The molecule has 0 spiro atoms. The first-order valence-corrected chi connectivity index (χ1v) is 11.4. The standard InChI is InChI=1S/C23H41NO6/c1-5-9-10-11-12-13-14-15-16-17-24(18(6-2)21(25)26,19(7-3)22(27)28)20(8-4)23(29)30/h14-15,18-20H,5-13,16-17H2,1-4H3,(H2-,25,26,27,28,29,30)/p+1/b15-14+. The number of hydrogen-bond acceptors (Lipinski definition) is 3. The molecule has 0 aromatic heterocycles. The minimum absolute atomic E-state index is 0.171. The highest BCUT2D eigenvalue weighted by Gasteiger charge is 2.55. The lowest BCUT2D eigenvalue weighted by molar-refractivity contribution is -0.972. The van der Waals surface area contributed by atoms with Gasteiger partial charge in [-0.2, -0.15) is 0 Å². The minimum Gasteiger partial charge on any atom is -0.477 e. The van der Waals surface area contributed by atoms with Gasteiger partial charge < -0.3 is 15.3 Å². The number of nitrogens with zero attached hydrogens (tertiary/aromatic N) is 1. The highest BCUT2D eigenvalue weighted by molar-refractivity contribution is 5.78. The van der Waals surface area contributed by atoms with Gasteiger partial charge in [0.25, 0.3) is 0 Å². The van der Waals surface area contributed by atoms with E-state index in [2.05, 4.69) is 6.92 Å². The normalized spacial score (nSPS) is 16.7. The Labute approximate surface area is 181 Å². The van der Waals surface area contributed by atoms with Crippen molar-refractivity contribution < 1.29 is 34.2 Å². The Balaban J connectivity index is 5.75. The number of unbranched alkanes of at least 4 members (excludes halogenated alkanes) is 5. The maximum atomic E-state index is 12.1. The molecule has 0 aliphatic heterocycles. The lowest BCUT2D eigenvalue weighted by Crippen LogP contribution is -2.72. The molecule has 0 bridgehead atoms. The third kappa shape index (κ3) is 7.74. The Morgan fingerprint density at radius 3 is 1.43 bits per heavy atom. The lowest BCUT2D eigenvalue weighted by Gasteiger charge is -2.49. The van der Waals surface area contributed by atoms with Crippen LogP contribution < -0.4 is 0 Å². The molecule has 0 saturated heterocycles. The van der Waals surface area contributed by atoms with Gasteiger partial charge in [0.05, 0.1) is 6.54 Å². The summed E-state index contributed by atoms with van der Waals surface area (Å²) < 4.78 is -0.454. The number of hydrogen-bond donors (Lipinski definition) is 3. The van der Waals surface area contributed by atoms with Gasteiger partial charge in [-0.15, -0.1) is 0 Å². The van der Waals surface area contributed by atoms with Crippen LogP contribution in [-0.2, 0) is 14.4 Å². The van der Waals surface area contributed by atoms with Crippen LogP contribution in [0.1, 0.15) is 91.9 Å². The molecule has 0 saturated carbocycles. The summed E-state index contributed by atoms with van der Waals surface area (Å²) in [5.41, 5.74) is 0. The van der Waals surface area contributed by atoms with Crippen molar-refractivity contribution in [1.82, 2.24) is 0 Å². The van der Waals surface area contributed by atoms with Crippen molar-refractivity contribution in [2.24, 2.45) is 0 Å². The largest absolute Gasteiger partial charge is 0.477 e. The van der Waals surface area contributed by atoms with E-state index < -0.39 is 40.5 Å². The van der Waals surface area contributed by atoms with Crippen LogP contribution in [0.15, 0.2) is 12.2 Å². The fraction of sp³-hybridized carbons (Fsp3) is 0.783. The second-order valence-electron chi connectivity index (χ2n) is 7.97. The van der Waals surface area contributed by atoms with Gasteiger partial charge in [0.1, 0.15) is 0 Å². The highest BCUT2D eigenvalue weighted by atomic mass is 16.4. The Morgan fingerprint density at radius 1 is 0.667 bits per heavy atom. The second kappa shape index (κ2) is 15.0. The van der Waals surface area contributed by atoms with Gasteiger partial charge in [-0.25, -0.2) is 14.4 Å². The number of carboxylic acid groups (broad SMARTS) is 3. The molecule has 0 rings (SSSR count). The van der Waals surface area contributed by atoms with Crippen molar-refractivity contribution in [2.75, 3.05) is 6.54 Å². The molecule has 7 heteroatoms. The Kier molecular flexibility index (Phi) is 14.0. The van der Waals surface area contributed by atoms with Crippen molar-refractivity contribution in [3.05, 3.63) is 12.2 Å². The Bertz CT molecular complexity index is 505. The van der Waals surface area contributed by atoms with Gasteiger partial charge in [-0.1, -0.05) is 65.5 Å². The van der Waals surface area contributed by atoms with Gasteiger partial charge >= 0.3 is 17.9 Å². The van der Waals surface area contributed by atoms with Crippen LogP contribution in [0, 0.1) is 0 Å². The third-order valence-corrected chi connectivity index (χ3v) is 6.08. The van der Waals surface area contributed by atoms with Gasteiger partial charge in [-0.3, -0.25) is 4.48 Å². The summed E-state index contributed by atoms with van der Waals surface area (Å²) in [4.78, 5) is 36.3. The first-order valence-electron chi connectivity index (χ1n) is 11.4. The molecule has 3 unspecified atom stereocenters. The Hall–Kier alpha value is -1.89. The summed E-state index contributed by atoms with van der Waals surface area (Å²) in [5, 5.41) is 29.7. The molecule has 30 heavy (non-hydrogen) atoms. The molecule has 174 valence electrons. The van der Waals surface area contributed by atoms with E-state index in [1.807, 2.05) is 12.2 Å². The summed E-state index contributed by atoms with van der Waals surface area (Å²) >= 11 is 0. The smallest absolute Gasteiger partial charge is 0.362 e. The van der Waals surface area contributed by atoms with Gasteiger partial charge in [-0.05, 0) is 12.8 Å². The van der Waals surface area contributed by atoms with E-state index in [1.165, 1.54) is 25.7 Å². The molecule has 0 fully saturated rings. The Morgan fingerprint density at radius 2 is 1.07 bits per heavy atom. The monoisotopic (exact) mass is 428 g/mol. The molecule has 0 aliphatic carbocycles. The van der Waals surface area contributed by atoms with E-state index in [0.717, 1.165) is 12.8 Å². The maximum absolute atomic E-state index is 12.1. The molecule has 7 nitrogen and oxygen atoms in total. The van der Waals surface area contributed by atoms with E-state index >= 15 is 0 Å². The molecule has 0 aromatic rings. The molecular formula is C23H42NO6+. The summed E-state index contributed by atoms with van der Waals surface area (Å²) in [5.74, 6) is -3.43. The van der Waals surface area contributed by atoms with Crippen LogP contribution in [0.4, 0.5) is 0 Å². The summed E-state index contributed by atoms with van der Waals surface area (Å²) in [6, 6.07) is -3.27. The summed E-state index contributed by atoms with van der Waals surface area (Å²) in [7, 11) is 0. The quantitative estimate of drug-likeness (QED) is 0.166. The molecular weight excluding hydrogens is 386 g/mol. The topological polar surface area (TPSA) is 112 Å². The number of allylic oxidation sites excluding steroid dienone is 1. The third-order valence-electron chi connectivity index (χ3n) is 6.08. The number of aliphatic carboxylic acids is 3.